The number of carbonyl (C=O) groups excluding carboxylic acids is 1. The number of alkyl halides is 3. The monoisotopic (exact) mass is 373 g/mol. The summed E-state index contributed by atoms with van der Waals surface area (Å²) in [7, 11) is 1.56. The molecule has 1 heterocycles. The highest BCUT2D eigenvalue weighted by molar-refractivity contribution is 6.31. The molecular formula is C16H15ClF3N3O2. The van der Waals surface area contributed by atoms with E-state index < -0.39 is 22.7 Å². The molecule has 1 amide bonds. The van der Waals surface area contributed by atoms with Crippen molar-refractivity contribution in [3.63, 3.8) is 0 Å². The second-order valence-corrected chi connectivity index (χ2v) is 5.40. The van der Waals surface area contributed by atoms with Gasteiger partial charge in [-0.05, 0) is 30.3 Å². The number of ether oxygens (including phenoxy) is 1. The Hall–Kier alpha value is -2.32. The van der Waals surface area contributed by atoms with Crippen LogP contribution >= 0.6 is 11.6 Å². The van der Waals surface area contributed by atoms with Gasteiger partial charge in [0, 0.05) is 31.2 Å². The molecule has 2 rings (SSSR count). The number of halogens is 4. The number of aromatic nitrogens is 1. The van der Waals surface area contributed by atoms with E-state index >= 15 is 0 Å². The Bertz CT molecular complexity index is 754. The van der Waals surface area contributed by atoms with Crippen LogP contribution in [0, 0.1) is 0 Å². The number of hydrogen-bond donors (Lipinski definition) is 2. The van der Waals surface area contributed by atoms with E-state index in [2.05, 4.69) is 15.6 Å². The van der Waals surface area contributed by atoms with Crippen molar-refractivity contribution in [2.75, 3.05) is 30.9 Å². The fourth-order valence-electron chi connectivity index (χ4n) is 1.98. The number of methoxy groups -OCH3 is 1. The Labute approximate surface area is 147 Å². The van der Waals surface area contributed by atoms with Crippen molar-refractivity contribution in [2.24, 2.45) is 0 Å². The lowest BCUT2D eigenvalue weighted by Gasteiger charge is -2.12. The zero-order valence-corrected chi connectivity index (χ0v) is 13.9. The molecule has 0 aliphatic rings. The molecule has 9 heteroatoms. The van der Waals surface area contributed by atoms with Gasteiger partial charge in [0.2, 0.25) is 0 Å². The molecule has 0 aliphatic heterocycles. The summed E-state index contributed by atoms with van der Waals surface area (Å²) in [5.41, 5.74) is -0.341. The number of nitrogens with one attached hydrogen (secondary N) is 2. The van der Waals surface area contributed by atoms with Crippen LogP contribution in [-0.2, 0) is 10.9 Å². The van der Waals surface area contributed by atoms with Crippen molar-refractivity contribution in [1.29, 1.82) is 0 Å². The summed E-state index contributed by atoms with van der Waals surface area (Å²) in [5.74, 6) is -0.633. The van der Waals surface area contributed by atoms with Gasteiger partial charge in [-0.3, -0.25) is 9.78 Å². The number of benzene rings is 1. The molecule has 0 saturated heterocycles. The summed E-state index contributed by atoms with van der Waals surface area (Å²) in [5, 5.41) is 4.97. The van der Waals surface area contributed by atoms with E-state index in [4.69, 9.17) is 16.3 Å². The molecule has 0 radical (unpaired) electrons. The average molecular weight is 374 g/mol. The SMILES string of the molecule is COCCNc1ccnc(C(=O)Nc2ccc(Cl)c(C(F)(F)F)c2)c1. The summed E-state index contributed by atoms with van der Waals surface area (Å²) in [6.45, 7) is 1.02. The minimum Gasteiger partial charge on any atom is -0.383 e. The molecule has 0 bridgehead atoms. The van der Waals surface area contributed by atoms with Gasteiger partial charge < -0.3 is 15.4 Å². The molecular weight excluding hydrogens is 359 g/mol. The van der Waals surface area contributed by atoms with E-state index in [1.807, 2.05) is 0 Å². The van der Waals surface area contributed by atoms with Crippen LogP contribution in [0.25, 0.3) is 0 Å². The standard InChI is InChI=1S/C16H15ClF3N3O2/c1-25-7-6-21-10-4-5-22-14(9-10)15(24)23-11-2-3-13(17)12(8-11)16(18,19)20/h2-5,8-9H,6-7H2,1H3,(H,21,22)(H,23,24). The van der Waals surface area contributed by atoms with Crippen molar-refractivity contribution in [1.82, 2.24) is 4.98 Å². The highest BCUT2D eigenvalue weighted by atomic mass is 35.5. The van der Waals surface area contributed by atoms with Crippen LogP contribution in [0.5, 0.6) is 0 Å². The van der Waals surface area contributed by atoms with Gasteiger partial charge in [0.05, 0.1) is 17.2 Å². The quantitative estimate of drug-likeness (QED) is 0.749. The summed E-state index contributed by atoms with van der Waals surface area (Å²) < 4.78 is 43.5. The molecule has 25 heavy (non-hydrogen) atoms. The van der Waals surface area contributed by atoms with E-state index in [0.29, 0.717) is 18.8 Å². The topological polar surface area (TPSA) is 63.2 Å². The maximum Gasteiger partial charge on any atom is 0.417 e. The maximum atomic E-state index is 12.9. The first kappa shape index (κ1) is 19.0. The van der Waals surface area contributed by atoms with Crippen LogP contribution in [0.3, 0.4) is 0 Å². The van der Waals surface area contributed by atoms with Gasteiger partial charge in [0.15, 0.2) is 0 Å². The van der Waals surface area contributed by atoms with Crippen LogP contribution in [0.2, 0.25) is 5.02 Å². The molecule has 2 N–H and O–H groups in total. The van der Waals surface area contributed by atoms with Crippen LogP contribution in [-0.4, -0.2) is 31.2 Å². The Morgan fingerprint density at radius 2 is 2.00 bits per heavy atom. The third-order valence-corrected chi connectivity index (χ3v) is 3.49. The molecule has 0 atom stereocenters. The summed E-state index contributed by atoms with van der Waals surface area (Å²) >= 11 is 5.55. The highest BCUT2D eigenvalue weighted by Crippen LogP contribution is 2.36. The number of rotatable bonds is 6. The zero-order chi connectivity index (χ0) is 18.4. The smallest absolute Gasteiger partial charge is 0.383 e. The lowest BCUT2D eigenvalue weighted by molar-refractivity contribution is -0.137. The molecule has 2 aromatic rings. The van der Waals surface area contributed by atoms with Crippen LogP contribution < -0.4 is 10.6 Å². The second-order valence-electron chi connectivity index (χ2n) is 5.00. The van der Waals surface area contributed by atoms with E-state index in [1.165, 1.54) is 18.3 Å². The molecule has 0 saturated carbocycles. The molecule has 0 spiro atoms. The van der Waals surface area contributed by atoms with Gasteiger partial charge in [-0.15, -0.1) is 0 Å². The number of amides is 1. The van der Waals surface area contributed by atoms with Gasteiger partial charge in [-0.1, -0.05) is 11.6 Å². The molecule has 1 aromatic heterocycles. The fraction of sp³-hybridized carbons (Fsp3) is 0.250. The van der Waals surface area contributed by atoms with Gasteiger partial charge in [-0.2, -0.15) is 13.2 Å². The molecule has 134 valence electrons. The first-order valence-corrected chi connectivity index (χ1v) is 7.56. The van der Waals surface area contributed by atoms with Crippen molar-refractivity contribution >= 4 is 28.9 Å². The Morgan fingerprint density at radius 3 is 2.68 bits per heavy atom. The predicted octanol–water partition coefficient (Wildman–Crippen LogP) is 4.06. The molecule has 0 fully saturated rings. The van der Waals surface area contributed by atoms with E-state index in [-0.39, 0.29) is 11.4 Å². The van der Waals surface area contributed by atoms with E-state index in [1.54, 1.807) is 13.2 Å². The summed E-state index contributed by atoms with van der Waals surface area (Å²) in [6, 6.07) is 6.30. The highest BCUT2D eigenvalue weighted by Gasteiger charge is 2.33. The second kappa shape index (κ2) is 8.17. The molecule has 1 aromatic carbocycles. The maximum absolute atomic E-state index is 12.9. The first-order valence-electron chi connectivity index (χ1n) is 7.18. The van der Waals surface area contributed by atoms with Crippen molar-refractivity contribution in [3.8, 4) is 0 Å². The number of anilines is 2. The van der Waals surface area contributed by atoms with Crippen LogP contribution in [0.15, 0.2) is 36.5 Å². The number of nitrogens with zero attached hydrogens (tertiary/aromatic N) is 1. The average Bonchev–Trinajstić information content (AvgIpc) is 2.56. The largest absolute Gasteiger partial charge is 0.417 e. The lowest BCUT2D eigenvalue weighted by atomic mass is 10.2. The Kier molecular flexibility index (Phi) is 6.22. The fourth-order valence-corrected chi connectivity index (χ4v) is 2.20. The van der Waals surface area contributed by atoms with Gasteiger partial charge in [0.25, 0.3) is 5.91 Å². The number of hydrogen-bond acceptors (Lipinski definition) is 4. The van der Waals surface area contributed by atoms with Gasteiger partial charge in [-0.25, -0.2) is 0 Å². The van der Waals surface area contributed by atoms with Crippen molar-refractivity contribution in [2.45, 2.75) is 6.18 Å². The first-order chi connectivity index (χ1) is 11.8. The number of carbonyl (C=O) groups is 1. The third kappa shape index (κ3) is 5.33. The lowest BCUT2D eigenvalue weighted by Crippen LogP contribution is -2.15. The third-order valence-electron chi connectivity index (χ3n) is 3.16. The van der Waals surface area contributed by atoms with Gasteiger partial charge >= 0.3 is 6.18 Å². The summed E-state index contributed by atoms with van der Waals surface area (Å²) in [4.78, 5) is 16.1. The zero-order valence-electron chi connectivity index (χ0n) is 13.2. The predicted molar refractivity (Wildman–Crippen MR) is 89.0 cm³/mol. The van der Waals surface area contributed by atoms with Crippen molar-refractivity contribution < 1.29 is 22.7 Å². The van der Waals surface area contributed by atoms with Crippen molar-refractivity contribution in [3.05, 3.63) is 52.8 Å². The molecule has 5 nitrogen and oxygen atoms in total. The minimum atomic E-state index is -4.61. The minimum absolute atomic E-state index is 0.0266. The summed E-state index contributed by atoms with van der Waals surface area (Å²) in [6.07, 6.45) is -3.19. The van der Waals surface area contributed by atoms with Crippen LogP contribution in [0.4, 0.5) is 24.5 Å². The van der Waals surface area contributed by atoms with E-state index in [9.17, 15) is 18.0 Å². The van der Waals surface area contributed by atoms with Crippen LogP contribution in [0.1, 0.15) is 16.1 Å². The number of pyridine rings is 1. The van der Waals surface area contributed by atoms with Gasteiger partial charge in [0.1, 0.15) is 5.69 Å². The Balaban J connectivity index is 2.13. The Morgan fingerprint density at radius 1 is 1.24 bits per heavy atom. The van der Waals surface area contributed by atoms with E-state index in [0.717, 1.165) is 12.1 Å². The normalized spacial score (nSPS) is 11.2. The molecule has 0 unspecified atom stereocenters. The molecule has 0 aliphatic carbocycles.